The second-order valence-corrected chi connectivity index (χ2v) is 8.74. The number of nitrogens with zero attached hydrogens (tertiary/aromatic N) is 4. The highest BCUT2D eigenvalue weighted by atomic mass is 127. The lowest BCUT2D eigenvalue weighted by molar-refractivity contribution is 0.321. The van der Waals surface area contributed by atoms with Crippen molar-refractivity contribution in [2.24, 2.45) is 4.99 Å². The van der Waals surface area contributed by atoms with Crippen LogP contribution in [0, 0.1) is 0 Å². The molecule has 0 bridgehead atoms. The zero-order valence-electron chi connectivity index (χ0n) is 19.9. The van der Waals surface area contributed by atoms with Crippen LogP contribution in [0.3, 0.4) is 0 Å². The molecule has 2 fully saturated rings. The van der Waals surface area contributed by atoms with Gasteiger partial charge in [0, 0.05) is 45.0 Å². The molecule has 4 rings (SSSR count). The quantitative estimate of drug-likeness (QED) is 0.288. The fourth-order valence-electron chi connectivity index (χ4n) is 4.72. The van der Waals surface area contributed by atoms with Crippen molar-refractivity contribution in [1.29, 1.82) is 0 Å². The number of halogens is 1. The van der Waals surface area contributed by atoms with Crippen LogP contribution in [0.2, 0.25) is 0 Å². The Bertz CT molecular complexity index is 890. The summed E-state index contributed by atoms with van der Waals surface area (Å²) < 4.78 is 12.9. The van der Waals surface area contributed by atoms with E-state index in [1.807, 2.05) is 13.1 Å². The topological polar surface area (TPSA) is 75.9 Å². The summed E-state index contributed by atoms with van der Waals surface area (Å²) in [5, 5.41) is 11.8. The van der Waals surface area contributed by atoms with Crippen molar-refractivity contribution in [3.05, 3.63) is 41.7 Å². The van der Waals surface area contributed by atoms with Crippen molar-refractivity contribution in [3.63, 3.8) is 0 Å². The highest BCUT2D eigenvalue weighted by Gasteiger charge is 2.24. The summed E-state index contributed by atoms with van der Waals surface area (Å²) in [5.41, 5.74) is 2.25. The molecule has 1 unspecified atom stereocenters. The molecule has 182 valence electrons. The van der Waals surface area contributed by atoms with Crippen LogP contribution >= 0.6 is 24.0 Å². The minimum absolute atomic E-state index is 0. The van der Waals surface area contributed by atoms with Crippen molar-refractivity contribution in [2.45, 2.75) is 57.3 Å². The summed E-state index contributed by atoms with van der Waals surface area (Å²) >= 11 is 0. The first-order chi connectivity index (χ1) is 15.7. The molecule has 33 heavy (non-hydrogen) atoms. The predicted molar refractivity (Wildman–Crippen MR) is 142 cm³/mol. The number of aliphatic imine (C=N–C) groups is 1. The van der Waals surface area contributed by atoms with Gasteiger partial charge in [-0.3, -0.25) is 14.6 Å². The second-order valence-electron chi connectivity index (χ2n) is 8.74. The molecule has 0 amide bonds. The van der Waals surface area contributed by atoms with E-state index >= 15 is 0 Å². The number of rotatable bonds is 8. The van der Waals surface area contributed by atoms with Crippen LogP contribution in [-0.4, -0.2) is 61.0 Å². The molecule has 1 aromatic carbocycles. The van der Waals surface area contributed by atoms with Crippen LogP contribution in [0.15, 0.2) is 35.5 Å². The summed E-state index contributed by atoms with van der Waals surface area (Å²) in [5.74, 6) is 2.48. The Hall–Kier alpha value is -2.01. The Morgan fingerprint density at radius 3 is 2.52 bits per heavy atom. The van der Waals surface area contributed by atoms with Crippen molar-refractivity contribution in [1.82, 2.24) is 25.3 Å². The molecule has 1 saturated heterocycles. The maximum Gasteiger partial charge on any atom is 0.191 e. The molecular weight excluding hydrogens is 531 g/mol. The lowest BCUT2D eigenvalue weighted by atomic mass is 10.2. The van der Waals surface area contributed by atoms with E-state index in [1.165, 1.54) is 31.2 Å². The second kappa shape index (κ2) is 12.5. The third-order valence-electron chi connectivity index (χ3n) is 6.45. The van der Waals surface area contributed by atoms with Crippen LogP contribution in [0.4, 0.5) is 0 Å². The van der Waals surface area contributed by atoms with E-state index in [-0.39, 0.29) is 24.0 Å². The van der Waals surface area contributed by atoms with Crippen LogP contribution in [-0.2, 0) is 13.1 Å². The minimum atomic E-state index is 0. The highest BCUT2D eigenvalue weighted by Crippen LogP contribution is 2.28. The zero-order chi connectivity index (χ0) is 22.3. The molecule has 2 aromatic rings. The first kappa shape index (κ1) is 25.6. The lowest BCUT2D eigenvalue weighted by Crippen LogP contribution is -2.44. The van der Waals surface area contributed by atoms with E-state index in [9.17, 15) is 0 Å². The first-order valence-electron chi connectivity index (χ1n) is 11.6. The summed E-state index contributed by atoms with van der Waals surface area (Å²) in [6, 6.07) is 9.12. The monoisotopic (exact) mass is 568 g/mol. The minimum Gasteiger partial charge on any atom is -0.497 e. The Kier molecular flexibility index (Phi) is 9.66. The third kappa shape index (κ3) is 6.99. The summed E-state index contributed by atoms with van der Waals surface area (Å²) in [7, 11) is 5.19. The van der Waals surface area contributed by atoms with Gasteiger partial charge in [-0.2, -0.15) is 5.10 Å². The van der Waals surface area contributed by atoms with Gasteiger partial charge >= 0.3 is 0 Å². The van der Waals surface area contributed by atoms with E-state index in [0.29, 0.717) is 18.6 Å². The predicted octanol–water partition coefficient (Wildman–Crippen LogP) is 3.57. The number of aromatic nitrogens is 2. The lowest BCUT2D eigenvalue weighted by Gasteiger charge is -2.19. The van der Waals surface area contributed by atoms with E-state index in [4.69, 9.17) is 14.6 Å². The molecule has 2 heterocycles. The van der Waals surface area contributed by atoms with Crippen molar-refractivity contribution in [3.8, 4) is 11.5 Å². The normalized spacial score (nSPS) is 19.4. The Morgan fingerprint density at radius 1 is 1.12 bits per heavy atom. The van der Waals surface area contributed by atoms with Gasteiger partial charge in [-0.1, -0.05) is 12.8 Å². The summed E-state index contributed by atoms with van der Waals surface area (Å²) in [6.45, 7) is 3.56. The van der Waals surface area contributed by atoms with Gasteiger partial charge in [-0.25, -0.2) is 0 Å². The van der Waals surface area contributed by atoms with Gasteiger partial charge in [0.2, 0.25) is 0 Å². The third-order valence-corrected chi connectivity index (χ3v) is 6.45. The Balaban J connectivity index is 0.00000306. The number of hydrogen-bond acceptors (Lipinski definition) is 5. The number of nitrogens with one attached hydrogen (secondary N) is 2. The fraction of sp³-hybridized carbons (Fsp3) is 0.583. The Labute approximate surface area is 214 Å². The molecule has 0 spiro atoms. The van der Waals surface area contributed by atoms with Gasteiger partial charge < -0.3 is 20.1 Å². The molecular formula is C24H37IN6O2. The molecule has 1 aliphatic carbocycles. The SMILES string of the molecule is CN=C(NCc1ccn(C2CCCC2)n1)NC1CCN(Cc2cc(OC)cc(OC)c2)C1.I. The van der Waals surface area contributed by atoms with Gasteiger partial charge in [-0.15, -0.1) is 24.0 Å². The summed E-state index contributed by atoms with van der Waals surface area (Å²) in [4.78, 5) is 6.86. The van der Waals surface area contributed by atoms with Gasteiger partial charge in [0.15, 0.2) is 5.96 Å². The van der Waals surface area contributed by atoms with Crippen molar-refractivity contribution >= 4 is 29.9 Å². The van der Waals surface area contributed by atoms with E-state index in [1.54, 1.807) is 14.2 Å². The molecule has 1 atom stereocenters. The van der Waals surface area contributed by atoms with Crippen LogP contribution in [0.25, 0.3) is 0 Å². The van der Waals surface area contributed by atoms with Gasteiger partial charge in [0.1, 0.15) is 11.5 Å². The number of likely N-dealkylation sites (tertiary alicyclic amines) is 1. The largest absolute Gasteiger partial charge is 0.497 e. The molecule has 9 heteroatoms. The van der Waals surface area contributed by atoms with Crippen molar-refractivity contribution in [2.75, 3.05) is 34.4 Å². The molecule has 1 aliphatic heterocycles. The number of hydrogen-bond donors (Lipinski definition) is 2. The molecule has 8 nitrogen and oxygen atoms in total. The van der Waals surface area contributed by atoms with Gasteiger partial charge in [0.05, 0.1) is 32.5 Å². The molecule has 2 aliphatic rings. The molecule has 2 N–H and O–H groups in total. The van der Waals surface area contributed by atoms with Crippen LogP contribution < -0.4 is 20.1 Å². The highest BCUT2D eigenvalue weighted by molar-refractivity contribution is 14.0. The molecule has 1 saturated carbocycles. The maximum absolute atomic E-state index is 5.40. The van der Waals surface area contributed by atoms with E-state index < -0.39 is 0 Å². The molecule has 1 aromatic heterocycles. The first-order valence-corrected chi connectivity index (χ1v) is 11.6. The maximum atomic E-state index is 5.40. The van der Waals surface area contributed by atoms with Gasteiger partial charge in [-0.05, 0) is 43.0 Å². The Morgan fingerprint density at radius 2 is 1.85 bits per heavy atom. The van der Waals surface area contributed by atoms with Crippen LogP contribution in [0.5, 0.6) is 11.5 Å². The number of guanidine groups is 1. The average molecular weight is 569 g/mol. The summed E-state index contributed by atoms with van der Waals surface area (Å²) in [6.07, 6.45) is 8.33. The molecule has 0 radical (unpaired) electrons. The van der Waals surface area contributed by atoms with Gasteiger partial charge in [0.25, 0.3) is 0 Å². The van der Waals surface area contributed by atoms with Crippen LogP contribution in [0.1, 0.15) is 49.4 Å². The number of ether oxygens (including phenoxy) is 2. The zero-order valence-corrected chi connectivity index (χ0v) is 22.2. The van der Waals surface area contributed by atoms with Crippen molar-refractivity contribution < 1.29 is 9.47 Å². The standard InChI is InChI=1S/C24H36N6O2.HI/c1-25-24(26-15-19-9-11-30(28-19)21-6-4-5-7-21)27-20-8-10-29(17-20)16-18-12-22(31-2)14-23(13-18)32-3;/h9,11-14,20-21H,4-8,10,15-17H2,1-3H3,(H2,25,26,27);1H. The smallest absolute Gasteiger partial charge is 0.191 e. The number of benzene rings is 1. The fourth-order valence-corrected chi connectivity index (χ4v) is 4.72. The van der Waals surface area contributed by atoms with E-state index in [0.717, 1.165) is 49.2 Å². The average Bonchev–Trinajstić information content (AvgIpc) is 3.58. The van der Waals surface area contributed by atoms with E-state index in [2.05, 4.69) is 49.6 Å². The number of methoxy groups -OCH3 is 2.